The molecule has 1 aromatic heterocycles. The Hall–Kier alpha value is -1.53. The van der Waals surface area contributed by atoms with Crippen LogP contribution in [0.25, 0.3) is 0 Å². The molecule has 0 aliphatic carbocycles. The quantitative estimate of drug-likeness (QED) is 0.764. The highest BCUT2D eigenvalue weighted by atomic mass is 16.3. The average molecular weight is 236 g/mol. The van der Waals surface area contributed by atoms with Gasteiger partial charge in [-0.2, -0.15) is 0 Å². The van der Waals surface area contributed by atoms with Crippen LogP contribution < -0.4 is 5.32 Å². The van der Waals surface area contributed by atoms with Crippen LogP contribution in [0.1, 0.15) is 13.3 Å². The molecule has 2 heterocycles. The molecule has 2 rings (SSSR count). The predicted molar refractivity (Wildman–Crippen MR) is 62.3 cm³/mol. The van der Waals surface area contributed by atoms with Crippen LogP contribution in [0, 0.1) is 0 Å². The van der Waals surface area contributed by atoms with Gasteiger partial charge in [0.25, 0.3) is 0 Å². The molecule has 0 radical (unpaired) electrons. The van der Waals surface area contributed by atoms with Gasteiger partial charge in [-0.25, -0.2) is 9.97 Å². The topological polar surface area (TPSA) is 78.4 Å². The van der Waals surface area contributed by atoms with E-state index in [2.05, 4.69) is 15.3 Å². The number of likely N-dealkylation sites (tertiary alicyclic amines) is 1. The lowest BCUT2D eigenvalue weighted by Gasteiger charge is -2.17. The molecule has 6 nitrogen and oxygen atoms in total. The van der Waals surface area contributed by atoms with Gasteiger partial charge in [0.2, 0.25) is 11.9 Å². The monoisotopic (exact) mass is 236 g/mol. The minimum atomic E-state index is -0.677. The maximum atomic E-state index is 11.7. The van der Waals surface area contributed by atoms with Crippen LogP contribution >= 0.6 is 0 Å². The molecule has 1 amide bonds. The summed E-state index contributed by atoms with van der Waals surface area (Å²) in [4.78, 5) is 21.4. The van der Waals surface area contributed by atoms with Crippen LogP contribution in [-0.4, -0.2) is 51.1 Å². The van der Waals surface area contributed by atoms with E-state index in [0.717, 1.165) is 6.54 Å². The fraction of sp³-hybridized carbons (Fsp3) is 0.545. The van der Waals surface area contributed by atoms with Crippen molar-refractivity contribution in [3.63, 3.8) is 0 Å². The predicted octanol–water partition coefficient (Wildman–Crippen LogP) is -0.128. The second-order valence-electron chi connectivity index (χ2n) is 4.58. The number of carbonyl (C=O) groups excluding carboxylic acids is 1. The smallest absolute Gasteiger partial charge is 0.240 e. The van der Waals surface area contributed by atoms with E-state index in [4.69, 9.17) is 0 Å². The first-order valence-corrected chi connectivity index (χ1v) is 5.57. The van der Waals surface area contributed by atoms with Gasteiger partial charge in [0.15, 0.2) is 0 Å². The molecule has 92 valence electrons. The van der Waals surface area contributed by atoms with Gasteiger partial charge < -0.3 is 5.11 Å². The Kier molecular flexibility index (Phi) is 3.35. The number of nitrogens with one attached hydrogen (secondary N) is 1. The number of nitrogens with zero attached hydrogens (tertiary/aromatic N) is 3. The summed E-state index contributed by atoms with van der Waals surface area (Å²) in [5.74, 6) is 0.150. The molecule has 1 unspecified atom stereocenters. The fourth-order valence-corrected chi connectivity index (χ4v) is 1.90. The summed E-state index contributed by atoms with van der Waals surface area (Å²) in [6, 6.07) is 1.69. The molecule has 1 aliphatic rings. The Labute approximate surface area is 99.7 Å². The van der Waals surface area contributed by atoms with Gasteiger partial charge in [0, 0.05) is 25.5 Å². The van der Waals surface area contributed by atoms with Crippen molar-refractivity contribution in [1.29, 1.82) is 0 Å². The molecule has 17 heavy (non-hydrogen) atoms. The molecule has 0 spiro atoms. The van der Waals surface area contributed by atoms with Crippen molar-refractivity contribution >= 4 is 11.9 Å². The number of amides is 1. The normalized spacial score (nSPS) is 24.8. The molecule has 1 fully saturated rings. The number of anilines is 1. The molecule has 6 heteroatoms. The van der Waals surface area contributed by atoms with E-state index in [1.807, 2.05) is 4.90 Å². The van der Waals surface area contributed by atoms with Crippen LogP contribution in [0.15, 0.2) is 18.5 Å². The lowest BCUT2D eigenvalue weighted by molar-refractivity contribution is -0.117. The van der Waals surface area contributed by atoms with Crippen molar-refractivity contribution in [2.75, 3.05) is 25.0 Å². The van der Waals surface area contributed by atoms with Crippen LogP contribution in [0.4, 0.5) is 5.95 Å². The molecule has 1 aromatic rings. The standard InChI is InChI=1S/C11H16N4O2/c1-11(17)3-6-15(8-11)7-9(16)14-10-12-4-2-5-13-10/h2,4-5,17H,3,6-8H2,1H3,(H,12,13,14,16). The van der Waals surface area contributed by atoms with Gasteiger partial charge in [-0.1, -0.05) is 0 Å². The molecule has 0 saturated carbocycles. The zero-order chi connectivity index (χ0) is 12.3. The van der Waals surface area contributed by atoms with Gasteiger partial charge in [0.1, 0.15) is 0 Å². The third-order valence-electron chi connectivity index (χ3n) is 2.72. The molecule has 0 bridgehead atoms. The molecule has 0 aromatic carbocycles. The van der Waals surface area contributed by atoms with E-state index in [1.165, 1.54) is 0 Å². The highest BCUT2D eigenvalue weighted by molar-refractivity contribution is 5.90. The van der Waals surface area contributed by atoms with E-state index in [0.29, 0.717) is 18.9 Å². The van der Waals surface area contributed by atoms with Crippen molar-refractivity contribution in [3.8, 4) is 0 Å². The Morgan fingerprint density at radius 1 is 1.59 bits per heavy atom. The van der Waals surface area contributed by atoms with E-state index in [1.54, 1.807) is 25.4 Å². The third-order valence-corrected chi connectivity index (χ3v) is 2.72. The third kappa shape index (κ3) is 3.47. The van der Waals surface area contributed by atoms with E-state index in [9.17, 15) is 9.90 Å². The lowest BCUT2D eigenvalue weighted by atomic mass is 10.1. The summed E-state index contributed by atoms with van der Waals surface area (Å²) in [6.45, 7) is 3.30. The van der Waals surface area contributed by atoms with E-state index >= 15 is 0 Å². The van der Waals surface area contributed by atoms with Crippen molar-refractivity contribution in [2.45, 2.75) is 18.9 Å². The van der Waals surface area contributed by atoms with Gasteiger partial charge in [-0.05, 0) is 19.4 Å². The van der Waals surface area contributed by atoms with E-state index in [-0.39, 0.29) is 12.5 Å². The summed E-state index contributed by atoms with van der Waals surface area (Å²) in [5.41, 5.74) is -0.677. The number of hydrogen-bond donors (Lipinski definition) is 2. The zero-order valence-corrected chi connectivity index (χ0v) is 9.76. The first kappa shape index (κ1) is 11.9. The molecular weight excluding hydrogens is 220 g/mol. The Morgan fingerprint density at radius 3 is 2.88 bits per heavy atom. The van der Waals surface area contributed by atoms with Gasteiger partial charge in [-0.3, -0.25) is 15.0 Å². The number of rotatable bonds is 3. The van der Waals surface area contributed by atoms with Crippen molar-refractivity contribution in [3.05, 3.63) is 18.5 Å². The molecule has 1 atom stereocenters. The maximum Gasteiger partial charge on any atom is 0.240 e. The van der Waals surface area contributed by atoms with Crippen molar-refractivity contribution in [2.24, 2.45) is 0 Å². The largest absolute Gasteiger partial charge is 0.389 e. The van der Waals surface area contributed by atoms with Crippen LogP contribution in [0.3, 0.4) is 0 Å². The summed E-state index contributed by atoms with van der Waals surface area (Å²) >= 11 is 0. The lowest BCUT2D eigenvalue weighted by Crippen LogP contribution is -2.35. The van der Waals surface area contributed by atoms with E-state index < -0.39 is 5.60 Å². The molecule has 1 aliphatic heterocycles. The number of aromatic nitrogens is 2. The number of hydrogen-bond acceptors (Lipinski definition) is 5. The fourth-order valence-electron chi connectivity index (χ4n) is 1.90. The highest BCUT2D eigenvalue weighted by Crippen LogP contribution is 2.19. The molecule has 2 N–H and O–H groups in total. The number of aliphatic hydroxyl groups is 1. The summed E-state index contributed by atoms with van der Waals surface area (Å²) < 4.78 is 0. The Bertz CT molecular complexity index is 394. The minimum Gasteiger partial charge on any atom is -0.389 e. The summed E-state index contributed by atoms with van der Waals surface area (Å²) in [5, 5.41) is 12.4. The first-order chi connectivity index (χ1) is 8.05. The molecule has 1 saturated heterocycles. The SMILES string of the molecule is CC1(O)CCN(CC(=O)Nc2ncccn2)C1. The second-order valence-corrected chi connectivity index (χ2v) is 4.58. The van der Waals surface area contributed by atoms with Crippen molar-refractivity contribution in [1.82, 2.24) is 14.9 Å². The summed E-state index contributed by atoms with van der Waals surface area (Å²) in [6.07, 6.45) is 3.84. The van der Waals surface area contributed by atoms with Crippen LogP contribution in [0.5, 0.6) is 0 Å². The molecular formula is C11H16N4O2. The maximum absolute atomic E-state index is 11.7. The Balaban J connectivity index is 1.83. The number of β-amino-alcohol motifs (C(OH)–C–C–N with tert-alkyl or cyclic N) is 1. The minimum absolute atomic E-state index is 0.158. The van der Waals surface area contributed by atoms with Crippen LogP contribution in [0.2, 0.25) is 0 Å². The Morgan fingerprint density at radius 2 is 2.29 bits per heavy atom. The second kappa shape index (κ2) is 4.77. The van der Waals surface area contributed by atoms with Gasteiger partial charge in [-0.15, -0.1) is 0 Å². The zero-order valence-electron chi connectivity index (χ0n) is 9.76. The summed E-state index contributed by atoms with van der Waals surface area (Å²) in [7, 11) is 0. The number of carbonyl (C=O) groups is 1. The van der Waals surface area contributed by atoms with Gasteiger partial charge in [0.05, 0.1) is 12.1 Å². The highest BCUT2D eigenvalue weighted by Gasteiger charge is 2.31. The average Bonchev–Trinajstić information content (AvgIpc) is 2.59. The van der Waals surface area contributed by atoms with Gasteiger partial charge >= 0.3 is 0 Å². The van der Waals surface area contributed by atoms with Crippen LogP contribution in [-0.2, 0) is 4.79 Å². The first-order valence-electron chi connectivity index (χ1n) is 5.57. The van der Waals surface area contributed by atoms with Crippen molar-refractivity contribution < 1.29 is 9.90 Å².